The summed E-state index contributed by atoms with van der Waals surface area (Å²) < 4.78 is 35.4. The lowest BCUT2D eigenvalue weighted by molar-refractivity contribution is 0.354. The van der Waals surface area contributed by atoms with Crippen molar-refractivity contribution < 1.29 is 17.9 Å². The zero-order valence-electron chi connectivity index (χ0n) is 17.2. The smallest absolute Gasteiger partial charge is 0.231 e. The van der Waals surface area contributed by atoms with Gasteiger partial charge in [-0.05, 0) is 54.5 Å². The van der Waals surface area contributed by atoms with Crippen LogP contribution in [0.2, 0.25) is 0 Å². The van der Waals surface area contributed by atoms with Crippen LogP contribution in [0.4, 0.5) is 11.4 Å². The average molecular weight is 438 g/mol. The molecule has 0 fully saturated rings. The van der Waals surface area contributed by atoms with Gasteiger partial charge < -0.3 is 20.1 Å². The molecule has 0 saturated carbocycles. The fourth-order valence-electron chi connectivity index (χ4n) is 2.79. The summed E-state index contributed by atoms with van der Waals surface area (Å²) in [6, 6.07) is 12.8. The quantitative estimate of drug-likeness (QED) is 0.612. The van der Waals surface area contributed by atoms with Gasteiger partial charge in [0.05, 0.1) is 32.2 Å². The molecule has 0 bridgehead atoms. The predicted octanol–water partition coefficient (Wildman–Crippen LogP) is 3.54. The summed E-state index contributed by atoms with van der Waals surface area (Å²) in [6.07, 6.45) is 1.96. The summed E-state index contributed by atoms with van der Waals surface area (Å²) >= 11 is 5.46. The zero-order valence-corrected chi connectivity index (χ0v) is 18.9. The van der Waals surface area contributed by atoms with Gasteiger partial charge in [-0.15, -0.1) is 0 Å². The molecule has 0 unspecified atom stereocenters. The van der Waals surface area contributed by atoms with E-state index in [0.717, 1.165) is 18.2 Å². The molecule has 2 rings (SSSR count). The largest absolute Gasteiger partial charge is 0.493 e. The van der Waals surface area contributed by atoms with E-state index in [2.05, 4.69) is 17.6 Å². The van der Waals surface area contributed by atoms with Crippen LogP contribution in [-0.4, -0.2) is 41.1 Å². The number of rotatable bonds is 8. The van der Waals surface area contributed by atoms with Crippen molar-refractivity contribution in [2.24, 2.45) is 0 Å². The molecular formula is C20H27N3O4S2. The standard InChI is InChI=1S/C20H27N3O4S2/c1-6-17(14-10-11-18(26-3)19(12-14)27-4)22-20(28)21-15-8-7-9-16(13-15)23(2)29(5,24)25/h7-13,17H,6H2,1-5H3,(H2,21,22,28)/t17-/m1/s1. The zero-order chi connectivity index (χ0) is 21.6. The van der Waals surface area contributed by atoms with Gasteiger partial charge in [0.1, 0.15) is 0 Å². The van der Waals surface area contributed by atoms with Gasteiger partial charge in [0.2, 0.25) is 10.0 Å². The second-order valence-corrected chi connectivity index (χ2v) is 8.88. The summed E-state index contributed by atoms with van der Waals surface area (Å²) in [4.78, 5) is 0. The van der Waals surface area contributed by atoms with Gasteiger partial charge in [-0.3, -0.25) is 4.31 Å². The SMILES string of the molecule is CC[C@@H](NC(=S)Nc1cccc(N(C)S(C)(=O)=O)c1)c1ccc(OC)c(OC)c1. The summed E-state index contributed by atoms with van der Waals surface area (Å²) in [5.74, 6) is 1.32. The van der Waals surface area contributed by atoms with E-state index in [4.69, 9.17) is 21.7 Å². The molecule has 0 aliphatic rings. The third-order valence-electron chi connectivity index (χ3n) is 4.49. The Labute approximate surface area is 178 Å². The van der Waals surface area contributed by atoms with Crippen LogP contribution in [0, 0.1) is 0 Å². The van der Waals surface area contributed by atoms with E-state index >= 15 is 0 Å². The van der Waals surface area contributed by atoms with Crippen molar-refractivity contribution >= 4 is 38.7 Å². The van der Waals surface area contributed by atoms with Crippen LogP contribution < -0.4 is 24.4 Å². The lowest BCUT2D eigenvalue weighted by Crippen LogP contribution is -2.32. The Morgan fingerprint density at radius 3 is 2.41 bits per heavy atom. The van der Waals surface area contributed by atoms with Crippen LogP contribution in [0.15, 0.2) is 42.5 Å². The summed E-state index contributed by atoms with van der Waals surface area (Å²) in [7, 11) is 1.37. The maximum atomic E-state index is 11.8. The highest BCUT2D eigenvalue weighted by atomic mass is 32.2. The molecule has 0 amide bonds. The number of methoxy groups -OCH3 is 2. The first-order chi connectivity index (χ1) is 13.7. The number of benzene rings is 2. The monoisotopic (exact) mass is 437 g/mol. The van der Waals surface area contributed by atoms with E-state index in [1.165, 1.54) is 11.4 Å². The number of nitrogens with one attached hydrogen (secondary N) is 2. The van der Waals surface area contributed by atoms with E-state index in [0.29, 0.717) is 28.0 Å². The van der Waals surface area contributed by atoms with Crippen molar-refractivity contribution in [2.75, 3.05) is 37.1 Å². The van der Waals surface area contributed by atoms with Crippen LogP contribution in [0.3, 0.4) is 0 Å². The Balaban J connectivity index is 2.13. The second-order valence-electron chi connectivity index (χ2n) is 6.45. The van der Waals surface area contributed by atoms with E-state index < -0.39 is 10.0 Å². The van der Waals surface area contributed by atoms with Gasteiger partial charge in [0.25, 0.3) is 0 Å². The Morgan fingerprint density at radius 2 is 1.83 bits per heavy atom. The predicted molar refractivity (Wildman–Crippen MR) is 122 cm³/mol. The number of hydrogen-bond acceptors (Lipinski definition) is 5. The number of sulfonamides is 1. The molecule has 0 spiro atoms. The van der Waals surface area contributed by atoms with E-state index in [-0.39, 0.29) is 6.04 Å². The number of anilines is 2. The first-order valence-electron chi connectivity index (χ1n) is 9.03. The van der Waals surface area contributed by atoms with Crippen LogP contribution in [0.5, 0.6) is 11.5 Å². The molecule has 0 radical (unpaired) electrons. The molecule has 0 saturated heterocycles. The minimum atomic E-state index is -3.34. The molecule has 29 heavy (non-hydrogen) atoms. The Kier molecular flexibility index (Phi) is 7.69. The van der Waals surface area contributed by atoms with Crippen molar-refractivity contribution in [3.63, 3.8) is 0 Å². The number of ether oxygens (including phenoxy) is 2. The maximum absolute atomic E-state index is 11.8. The molecule has 1 atom stereocenters. The lowest BCUT2D eigenvalue weighted by Gasteiger charge is -2.22. The number of thiocarbonyl (C=S) groups is 1. The molecule has 2 aromatic rings. The number of hydrogen-bond donors (Lipinski definition) is 2. The van der Waals surface area contributed by atoms with Gasteiger partial charge in [0, 0.05) is 12.7 Å². The summed E-state index contributed by atoms with van der Waals surface area (Å²) in [5, 5.41) is 6.84. The van der Waals surface area contributed by atoms with Crippen LogP contribution >= 0.6 is 12.2 Å². The van der Waals surface area contributed by atoms with Crippen molar-refractivity contribution in [3.05, 3.63) is 48.0 Å². The fourth-order valence-corrected chi connectivity index (χ4v) is 3.54. The highest BCUT2D eigenvalue weighted by Crippen LogP contribution is 2.31. The molecule has 9 heteroatoms. The van der Waals surface area contributed by atoms with Crippen molar-refractivity contribution in [2.45, 2.75) is 19.4 Å². The topological polar surface area (TPSA) is 79.9 Å². The highest BCUT2D eigenvalue weighted by Gasteiger charge is 2.15. The van der Waals surface area contributed by atoms with E-state index in [9.17, 15) is 8.42 Å². The summed E-state index contributed by atoms with van der Waals surface area (Å²) in [6.45, 7) is 2.05. The molecular weight excluding hydrogens is 410 g/mol. The Morgan fingerprint density at radius 1 is 1.14 bits per heavy atom. The van der Waals surface area contributed by atoms with Crippen molar-refractivity contribution in [1.29, 1.82) is 0 Å². The van der Waals surface area contributed by atoms with Crippen LogP contribution in [-0.2, 0) is 10.0 Å². The van der Waals surface area contributed by atoms with Gasteiger partial charge in [0.15, 0.2) is 16.6 Å². The molecule has 0 heterocycles. The Hall–Kier alpha value is -2.52. The molecule has 158 valence electrons. The van der Waals surface area contributed by atoms with Crippen LogP contribution in [0.1, 0.15) is 24.9 Å². The number of nitrogens with zero attached hydrogens (tertiary/aromatic N) is 1. The van der Waals surface area contributed by atoms with Gasteiger partial charge in [-0.25, -0.2) is 8.42 Å². The second kappa shape index (κ2) is 9.80. The Bertz CT molecular complexity index is 964. The van der Waals surface area contributed by atoms with Gasteiger partial charge >= 0.3 is 0 Å². The van der Waals surface area contributed by atoms with Crippen molar-refractivity contribution in [1.82, 2.24) is 5.32 Å². The first-order valence-corrected chi connectivity index (χ1v) is 11.3. The van der Waals surface area contributed by atoms with Gasteiger partial charge in [-0.2, -0.15) is 0 Å². The highest BCUT2D eigenvalue weighted by molar-refractivity contribution is 7.92. The minimum Gasteiger partial charge on any atom is -0.493 e. The summed E-state index contributed by atoms with van der Waals surface area (Å²) in [5.41, 5.74) is 2.25. The molecule has 2 N–H and O–H groups in total. The molecule has 0 aromatic heterocycles. The molecule has 0 aliphatic heterocycles. The van der Waals surface area contributed by atoms with Gasteiger partial charge in [-0.1, -0.05) is 19.1 Å². The van der Waals surface area contributed by atoms with E-state index in [1.54, 1.807) is 32.4 Å². The fraction of sp³-hybridized carbons (Fsp3) is 0.350. The average Bonchev–Trinajstić information content (AvgIpc) is 2.70. The lowest BCUT2D eigenvalue weighted by atomic mass is 10.0. The molecule has 7 nitrogen and oxygen atoms in total. The molecule has 0 aliphatic carbocycles. The van der Waals surface area contributed by atoms with Crippen LogP contribution in [0.25, 0.3) is 0 Å². The van der Waals surface area contributed by atoms with Crippen molar-refractivity contribution in [3.8, 4) is 11.5 Å². The minimum absolute atomic E-state index is 0.0309. The normalized spacial score (nSPS) is 12.0. The molecule has 2 aromatic carbocycles. The first kappa shape index (κ1) is 22.8. The third-order valence-corrected chi connectivity index (χ3v) is 5.91. The van der Waals surface area contributed by atoms with E-state index in [1.807, 2.05) is 24.3 Å². The third kappa shape index (κ3) is 5.98. The maximum Gasteiger partial charge on any atom is 0.231 e.